The van der Waals surface area contributed by atoms with Crippen LogP contribution in [0.2, 0.25) is 0 Å². The average Bonchev–Trinajstić information content (AvgIpc) is 2.11. The first-order valence-corrected chi connectivity index (χ1v) is 3.83. The molecule has 1 heterocycles. The second kappa shape index (κ2) is 4.42. The summed E-state index contributed by atoms with van der Waals surface area (Å²) >= 11 is 0. The predicted molar refractivity (Wildman–Crippen MR) is 48.4 cm³/mol. The summed E-state index contributed by atoms with van der Waals surface area (Å²) in [7, 11) is 0. The lowest BCUT2D eigenvalue weighted by molar-refractivity contribution is 0.303. The van der Waals surface area contributed by atoms with E-state index in [0.717, 1.165) is 0 Å². The zero-order valence-electron chi connectivity index (χ0n) is 6.91. The Kier molecular flexibility index (Phi) is 3.22. The van der Waals surface area contributed by atoms with Gasteiger partial charge in [-0.05, 0) is 6.42 Å². The molecule has 0 fully saturated rings. The summed E-state index contributed by atoms with van der Waals surface area (Å²) < 4.78 is 0. The van der Waals surface area contributed by atoms with Crippen LogP contribution in [0.5, 0.6) is 0 Å². The molecular formula is C8H10N2O3. The van der Waals surface area contributed by atoms with Crippen LogP contribution in [0.3, 0.4) is 0 Å². The van der Waals surface area contributed by atoms with E-state index >= 15 is 0 Å². The molecule has 0 aliphatic rings. The van der Waals surface area contributed by atoms with Crippen LogP contribution in [0.15, 0.2) is 21.7 Å². The molecule has 3 N–H and O–H groups in total. The summed E-state index contributed by atoms with van der Waals surface area (Å²) in [5.74, 6) is 0. The largest absolute Gasteiger partial charge is 0.396 e. The summed E-state index contributed by atoms with van der Waals surface area (Å²) in [6.45, 7) is 0.0254. The molecule has 1 aromatic heterocycles. The highest BCUT2D eigenvalue weighted by Gasteiger charge is 1.94. The molecule has 0 saturated heterocycles. The highest BCUT2D eigenvalue weighted by atomic mass is 16.2. The first-order chi connectivity index (χ1) is 6.24. The highest BCUT2D eigenvalue weighted by molar-refractivity contribution is 5.46. The van der Waals surface area contributed by atoms with Crippen molar-refractivity contribution in [2.45, 2.75) is 6.42 Å². The second-order valence-corrected chi connectivity index (χ2v) is 2.46. The SMILES string of the molecule is O=c1cc(C=CCCO)c(=O)[nH][nH]1. The molecule has 1 rings (SSSR count). The molecule has 0 saturated carbocycles. The van der Waals surface area contributed by atoms with Gasteiger partial charge >= 0.3 is 0 Å². The van der Waals surface area contributed by atoms with E-state index < -0.39 is 0 Å². The van der Waals surface area contributed by atoms with Crippen molar-refractivity contribution in [2.75, 3.05) is 6.61 Å². The highest BCUT2D eigenvalue weighted by Crippen LogP contribution is 1.90. The van der Waals surface area contributed by atoms with Gasteiger partial charge in [-0.3, -0.25) is 19.8 Å². The lowest BCUT2D eigenvalue weighted by Crippen LogP contribution is -2.19. The van der Waals surface area contributed by atoms with Crippen LogP contribution in [-0.4, -0.2) is 21.9 Å². The predicted octanol–water partition coefficient (Wildman–Crippen LogP) is -0.541. The van der Waals surface area contributed by atoms with Crippen molar-refractivity contribution in [3.05, 3.63) is 38.4 Å². The standard InChI is InChI=1S/C8H10N2O3/c11-4-2-1-3-6-5-7(12)9-10-8(6)13/h1,3,5,11H,2,4H2,(H,9,12)(H,10,13). The molecule has 0 bridgehead atoms. The normalized spacial score (nSPS) is 10.8. The number of H-pyrrole nitrogens is 2. The molecule has 1 aromatic rings. The van der Waals surface area contributed by atoms with E-state index in [1.54, 1.807) is 6.08 Å². The Hall–Kier alpha value is -1.62. The van der Waals surface area contributed by atoms with Crippen molar-refractivity contribution < 1.29 is 5.11 Å². The zero-order valence-corrected chi connectivity index (χ0v) is 6.91. The molecule has 0 spiro atoms. The quantitative estimate of drug-likeness (QED) is 0.586. The molecule has 5 nitrogen and oxygen atoms in total. The zero-order chi connectivity index (χ0) is 9.68. The van der Waals surface area contributed by atoms with E-state index in [4.69, 9.17) is 5.11 Å². The molecule has 0 aliphatic heterocycles. The molecule has 70 valence electrons. The van der Waals surface area contributed by atoms with Crippen LogP contribution in [0.1, 0.15) is 12.0 Å². The minimum atomic E-state index is -0.358. The van der Waals surface area contributed by atoms with Gasteiger partial charge in [0.1, 0.15) is 0 Å². The molecule has 0 aromatic carbocycles. The van der Waals surface area contributed by atoms with Gasteiger partial charge in [0.15, 0.2) is 0 Å². The maximum Gasteiger partial charge on any atom is 0.269 e. The van der Waals surface area contributed by atoms with E-state index in [-0.39, 0.29) is 23.3 Å². The Balaban J connectivity index is 2.94. The van der Waals surface area contributed by atoms with Crippen LogP contribution in [-0.2, 0) is 0 Å². The van der Waals surface area contributed by atoms with Gasteiger partial charge in [0, 0.05) is 18.2 Å². The lowest BCUT2D eigenvalue weighted by Gasteiger charge is -1.89. The maximum atomic E-state index is 11.0. The summed E-state index contributed by atoms with van der Waals surface area (Å²) in [4.78, 5) is 21.8. The molecule has 5 heteroatoms. The van der Waals surface area contributed by atoms with Crippen molar-refractivity contribution in [3.8, 4) is 0 Å². The Bertz CT molecular complexity index is 402. The molecular weight excluding hydrogens is 172 g/mol. The van der Waals surface area contributed by atoms with Crippen LogP contribution >= 0.6 is 0 Å². The number of aliphatic hydroxyl groups excluding tert-OH is 1. The minimum absolute atomic E-state index is 0.0254. The first kappa shape index (κ1) is 9.47. The third kappa shape index (κ3) is 2.72. The van der Waals surface area contributed by atoms with Gasteiger partial charge in [-0.2, -0.15) is 0 Å². The Morgan fingerprint density at radius 1 is 1.38 bits per heavy atom. The average molecular weight is 182 g/mol. The van der Waals surface area contributed by atoms with E-state index in [0.29, 0.717) is 6.42 Å². The molecule has 0 atom stereocenters. The fourth-order valence-corrected chi connectivity index (χ4v) is 0.842. The number of nitrogens with one attached hydrogen (secondary N) is 2. The Morgan fingerprint density at radius 2 is 2.15 bits per heavy atom. The lowest BCUT2D eigenvalue weighted by atomic mass is 10.2. The molecule has 0 amide bonds. The maximum absolute atomic E-state index is 11.0. The smallest absolute Gasteiger partial charge is 0.269 e. The van der Waals surface area contributed by atoms with Gasteiger partial charge in [0.25, 0.3) is 11.1 Å². The van der Waals surface area contributed by atoms with Gasteiger partial charge in [-0.25, -0.2) is 0 Å². The number of hydrogen-bond donors (Lipinski definition) is 3. The minimum Gasteiger partial charge on any atom is -0.396 e. The van der Waals surface area contributed by atoms with Gasteiger partial charge in [0.05, 0.1) is 0 Å². The second-order valence-electron chi connectivity index (χ2n) is 2.46. The topological polar surface area (TPSA) is 85.9 Å². The van der Waals surface area contributed by atoms with Gasteiger partial charge < -0.3 is 5.11 Å². The monoisotopic (exact) mass is 182 g/mol. The third-order valence-corrected chi connectivity index (χ3v) is 1.44. The summed E-state index contributed by atoms with van der Waals surface area (Å²) in [6.07, 6.45) is 3.60. The van der Waals surface area contributed by atoms with Gasteiger partial charge in [-0.1, -0.05) is 12.2 Å². The summed E-state index contributed by atoms with van der Waals surface area (Å²) in [6, 6.07) is 1.20. The third-order valence-electron chi connectivity index (χ3n) is 1.44. The van der Waals surface area contributed by atoms with E-state index in [1.165, 1.54) is 12.1 Å². The van der Waals surface area contributed by atoms with E-state index in [2.05, 4.69) is 10.2 Å². The number of aliphatic hydroxyl groups is 1. The van der Waals surface area contributed by atoms with Crippen molar-refractivity contribution in [1.29, 1.82) is 0 Å². The molecule has 0 aliphatic carbocycles. The summed E-state index contributed by atoms with van der Waals surface area (Å²) in [5, 5.41) is 12.8. The van der Waals surface area contributed by atoms with Crippen molar-refractivity contribution in [2.24, 2.45) is 0 Å². The number of rotatable bonds is 3. The van der Waals surface area contributed by atoms with Crippen LogP contribution < -0.4 is 11.1 Å². The number of hydrogen-bond acceptors (Lipinski definition) is 3. The molecule has 13 heavy (non-hydrogen) atoms. The van der Waals surface area contributed by atoms with E-state index in [1.807, 2.05) is 0 Å². The fraction of sp³-hybridized carbons (Fsp3) is 0.250. The molecule has 0 unspecified atom stereocenters. The van der Waals surface area contributed by atoms with Gasteiger partial charge in [-0.15, -0.1) is 0 Å². The number of aromatic amines is 2. The van der Waals surface area contributed by atoms with Crippen molar-refractivity contribution in [3.63, 3.8) is 0 Å². The van der Waals surface area contributed by atoms with Crippen molar-refractivity contribution >= 4 is 6.08 Å². The van der Waals surface area contributed by atoms with Crippen LogP contribution in [0.25, 0.3) is 6.08 Å². The van der Waals surface area contributed by atoms with Crippen LogP contribution in [0.4, 0.5) is 0 Å². The Labute approximate surface area is 73.7 Å². The fourth-order valence-electron chi connectivity index (χ4n) is 0.842. The van der Waals surface area contributed by atoms with Crippen LogP contribution in [0, 0.1) is 0 Å². The Morgan fingerprint density at radius 3 is 2.85 bits per heavy atom. The van der Waals surface area contributed by atoms with Crippen molar-refractivity contribution in [1.82, 2.24) is 10.2 Å². The first-order valence-electron chi connectivity index (χ1n) is 3.83. The summed E-state index contributed by atoms with van der Waals surface area (Å²) in [5.41, 5.74) is -0.422. The van der Waals surface area contributed by atoms with E-state index in [9.17, 15) is 9.59 Å². The number of aromatic nitrogens is 2. The molecule has 0 radical (unpaired) electrons. The van der Waals surface area contributed by atoms with Gasteiger partial charge in [0.2, 0.25) is 0 Å².